The number of benzene rings is 1. The van der Waals surface area contributed by atoms with E-state index in [1.807, 2.05) is 63.2 Å². The average Bonchev–Trinajstić information content (AvgIpc) is 3.04. The molecule has 0 saturated carbocycles. The van der Waals surface area contributed by atoms with Crippen LogP contribution < -0.4 is 15.1 Å². The number of anilines is 2. The Morgan fingerprint density at radius 2 is 1.72 bits per heavy atom. The summed E-state index contributed by atoms with van der Waals surface area (Å²) < 4.78 is 2.06. The molecule has 1 N–H and O–H groups in total. The third-order valence-electron chi connectivity index (χ3n) is 5.40. The summed E-state index contributed by atoms with van der Waals surface area (Å²) in [5, 5.41) is 2.24. The van der Waals surface area contributed by atoms with Gasteiger partial charge in [0.05, 0.1) is 11.9 Å². The number of carbonyl (C=O) groups is 3. The molecule has 8 nitrogen and oxygen atoms in total. The summed E-state index contributed by atoms with van der Waals surface area (Å²) in [5.74, 6) is -1.41. The Bertz CT molecular complexity index is 1240. The van der Waals surface area contributed by atoms with Crippen LogP contribution in [0, 0.1) is 13.8 Å². The molecular weight excluding hydrogens is 406 g/mol. The Labute approximate surface area is 185 Å². The molecule has 32 heavy (non-hydrogen) atoms. The van der Waals surface area contributed by atoms with Crippen molar-refractivity contribution in [3.8, 4) is 5.69 Å². The second kappa shape index (κ2) is 8.14. The summed E-state index contributed by atoms with van der Waals surface area (Å²) in [5.41, 5.74) is 4.79. The van der Waals surface area contributed by atoms with Crippen molar-refractivity contribution in [3.05, 3.63) is 77.4 Å². The normalized spacial score (nSPS) is 15.3. The first-order chi connectivity index (χ1) is 15.3. The molecule has 1 saturated heterocycles. The molecule has 0 atom stereocenters. The van der Waals surface area contributed by atoms with Gasteiger partial charge in [0.25, 0.3) is 11.8 Å². The minimum Gasteiger partial charge on any atom is -0.378 e. The zero-order chi connectivity index (χ0) is 23.0. The number of hydrogen-bond donors (Lipinski definition) is 1. The van der Waals surface area contributed by atoms with Crippen LogP contribution in [0.15, 0.2) is 60.4 Å². The van der Waals surface area contributed by atoms with Crippen molar-refractivity contribution < 1.29 is 14.4 Å². The molecule has 0 radical (unpaired) electrons. The van der Waals surface area contributed by atoms with E-state index in [0.29, 0.717) is 5.69 Å². The Hall–Kier alpha value is -4.20. The number of amides is 4. The molecule has 0 bridgehead atoms. The lowest BCUT2D eigenvalue weighted by Gasteiger charge is -2.26. The van der Waals surface area contributed by atoms with Crippen molar-refractivity contribution in [1.29, 1.82) is 0 Å². The Balaban J connectivity index is 1.73. The second-order valence-corrected chi connectivity index (χ2v) is 7.74. The maximum atomic E-state index is 13.1. The summed E-state index contributed by atoms with van der Waals surface area (Å²) in [6.45, 7) is 3.89. The number of carbonyl (C=O) groups excluding carboxylic acids is 3. The third kappa shape index (κ3) is 3.66. The Morgan fingerprint density at radius 3 is 2.34 bits per heavy atom. The predicted molar refractivity (Wildman–Crippen MR) is 123 cm³/mol. The van der Waals surface area contributed by atoms with E-state index in [9.17, 15) is 14.4 Å². The fourth-order valence-electron chi connectivity index (χ4n) is 3.76. The molecule has 162 valence electrons. The highest BCUT2D eigenvalue weighted by Gasteiger charge is 2.37. The lowest BCUT2D eigenvalue weighted by Crippen LogP contribution is -2.54. The van der Waals surface area contributed by atoms with Gasteiger partial charge in [-0.05, 0) is 68.0 Å². The second-order valence-electron chi connectivity index (χ2n) is 7.74. The van der Waals surface area contributed by atoms with E-state index in [1.165, 1.54) is 18.5 Å². The summed E-state index contributed by atoms with van der Waals surface area (Å²) in [4.78, 5) is 44.8. The highest BCUT2D eigenvalue weighted by molar-refractivity contribution is 6.39. The van der Waals surface area contributed by atoms with Crippen LogP contribution >= 0.6 is 0 Å². The van der Waals surface area contributed by atoms with Crippen LogP contribution in [0.3, 0.4) is 0 Å². The summed E-state index contributed by atoms with van der Waals surface area (Å²) >= 11 is 0. The van der Waals surface area contributed by atoms with E-state index < -0.39 is 17.8 Å². The van der Waals surface area contributed by atoms with E-state index in [4.69, 9.17) is 0 Å². The number of nitrogens with one attached hydrogen (secondary N) is 1. The molecule has 4 rings (SSSR count). The van der Waals surface area contributed by atoms with Gasteiger partial charge in [-0.2, -0.15) is 0 Å². The van der Waals surface area contributed by atoms with E-state index in [-0.39, 0.29) is 5.57 Å². The number of rotatable bonds is 4. The number of nitrogens with zero attached hydrogens (tertiary/aromatic N) is 4. The molecule has 2 aromatic heterocycles. The largest absolute Gasteiger partial charge is 0.378 e. The monoisotopic (exact) mass is 429 g/mol. The summed E-state index contributed by atoms with van der Waals surface area (Å²) in [6, 6.07) is 12.4. The minimum atomic E-state index is -0.795. The molecule has 8 heteroatoms. The van der Waals surface area contributed by atoms with Gasteiger partial charge in [0.2, 0.25) is 0 Å². The van der Waals surface area contributed by atoms with Gasteiger partial charge in [-0.25, -0.2) is 9.69 Å². The number of aromatic nitrogens is 2. The highest BCUT2D eigenvalue weighted by atomic mass is 16.2. The van der Waals surface area contributed by atoms with E-state index >= 15 is 0 Å². The zero-order valence-electron chi connectivity index (χ0n) is 18.3. The standard InChI is InChI=1S/C24H23N5O3/c1-15-12-17(16(2)28(15)19-9-7-18(8-10-19)27(3)4)13-21-22(30)26-24(32)29(23(21)31)20-6-5-11-25-14-20/h5-14H,1-4H3,(H,26,30,32)/b21-13+. The molecule has 1 fully saturated rings. The first-order valence-electron chi connectivity index (χ1n) is 10.1. The lowest BCUT2D eigenvalue weighted by atomic mass is 10.1. The maximum Gasteiger partial charge on any atom is 0.336 e. The Morgan fingerprint density at radius 1 is 1.00 bits per heavy atom. The minimum absolute atomic E-state index is 0.114. The van der Waals surface area contributed by atoms with Crippen molar-refractivity contribution in [1.82, 2.24) is 14.9 Å². The molecular formula is C24H23N5O3. The third-order valence-corrected chi connectivity index (χ3v) is 5.40. The van der Waals surface area contributed by atoms with Gasteiger partial charge in [-0.3, -0.25) is 19.9 Å². The van der Waals surface area contributed by atoms with Crippen LogP contribution in [0.1, 0.15) is 17.0 Å². The Kier molecular flexibility index (Phi) is 5.36. The maximum absolute atomic E-state index is 13.1. The SMILES string of the molecule is Cc1cc(/C=C2\C(=O)NC(=O)N(c3cccnc3)C2=O)c(C)n1-c1ccc(N(C)C)cc1. The van der Waals surface area contributed by atoms with Gasteiger partial charge in [0.15, 0.2) is 0 Å². The highest BCUT2D eigenvalue weighted by Crippen LogP contribution is 2.26. The van der Waals surface area contributed by atoms with E-state index in [0.717, 1.165) is 33.2 Å². The molecule has 1 aliphatic heterocycles. The molecule has 0 aliphatic carbocycles. The first kappa shape index (κ1) is 21.0. The topological polar surface area (TPSA) is 87.5 Å². The molecule has 1 aromatic carbocycles. The molecule has 0 spiro atoms. The van der Waals surface area contributed by atoms with E-state index in [1.54, 1.807) is 12.1 Å². The molecule has 0 unspecified atom stereocenters. The van der Waals surface area contributed by atoms with Crippen molar-refractivity contribution in [2.45, 2.75) is 13.8 Å². The van der Waals surface area contributed by atoms with Crippen molar-refractivity contribution in [2.75, 3.05) is 23.9 Å². The molecule has 3 aromatic rings. The van der Waals surface area contributed by atoms with Crippen LogP contribution in [0.25, 0.3) is 11.8 Å². The number of hydrogen-bond acceptors (Lipinski definition) is 5. The van der Waals surface area contributed by atoms with Crippen LogP contribution in [-0.4, -0.2) is 41.5 Å². The summed E-state index contributed by atoms with van der Waals surface area (Å²) in [6.07, 6.45) is 4.46. The molecule has 4 amide bonds. The predicted octanol–water partition coefficient (Wildman–Crippen LogP) is 3.22. The van der Waals surface area contributed by atoms with Crippen LogP contribution in [0.2, 0.25) is 0 Å². The number of pyridine rings is 1. The summed E-state index contributed by atoms with van der Waals surface area (Å²) in [7, 11) is 3.97. The van der Waals surface area contributed by atoms with Gasteiger partial charge in [-0.1, -0.05) is 0 Å². The zero-order valence-corrected chi connectivity index (χ0v) is 18.3. The van der Waals surface area contributed by atoms with Gasteiger partial charge < -0.3 is 9.47 Å². The quantitative estimate of drug-likeness (QED) is 0.508. The van der Waals surface area contributed by atoms with Crippen LogP contribution in [-0.2, 0) is 9.59 Å². The van der Waals surface area contributed by atoms with Crippen molar-refractivity contribution in [2.24, 2.45) is 0 Å². The first-order valence-corrected chi connectivity index (χ1v) is 10.1. The van der Waals surface area contributed by atoms with Crippen molar-refractivity contribution in [3.63, 3.8) is 0 Å². The average molecular weight is 429 g/mol. The lowest BCUT2D eigenvalue weighted by molar-refractivity contribution is -0.122. The number of urea groups is 1. The number of aryl methyl sites for hydroxylation is 1. The molecule has 3 heterocycles. The van der Waals surface area contributed by atoms with Gasteiger partial charge in [0.1, 0.15) is 5.57 Å². The van der Waals surface area contributed by atoms with E-state index in [2.05, 4.69) is 14.9 Å². The fraction of sp³-hybridized carbons (Fsp3) is 0.167. The van der Waals surface area contributed by atoms with Gasteiger partial charge in [-0.15, -0.1) is 0 Å². The van der Waals surface area contributed by atoms with Gasteiger partial charge >= 0.3 is 6.03 Å². The molecule has 1 aliphatic rings. The smallest absolute Gasteiger partial charge is 0.336 e. The van der Waals surface area contributed by atoms with Gasteiger partial charge in [0, 0.05) is 43.1 Å². The van der Waals surface area contributed by atoms with Crippen LogP contribution in [0.4, 0.5) is 16.2 Å². The van der Waals surface area contributed by atoms with Crippen molar-refractivity contribution >= 4 is 35.3 Å². The van der Waals surface area contributed by atoms with Crippen LogP contribution in [0.5, 0.6) is 0 Å². The number of imide groups is 2. The number of barbiturate groups is 1. The fourth-order valence-corrected chi connectivity index (χ4v) is 3.76.